The first-order valence-corrected chi connectivity index (χ1v) is 9.03. The maximum Gasteiger partial charge on any atom is 0.307 e. The molecule has 1 saturated heterocycles. The second-order valence-electron chi connectivity index (χ2n) is 7.52. The van der Waals surface area contributed by atoms with Gasteiger partial charge in [0.25, 0.3) is 11.6 Å². The number of likely N-dealkylation sites (tertiary alicyclic amines) is 1. The van der Waals surface area contributed by atoms with Gasteiger partial charge in [-0.15, -0.1) is 0 Å². The molecule has 2 aliphatic heterocycles. The smallest absolute Gasteiger partial charge is 0.307 e. The SMILES string of the molecule is O=C(O)C1CC12CCN(C(=O)CN1C(=O)COc3ccc([N+](=O)[O-])cc31)CC2. The first-order chi connectivity index (χ1) is 13.3. The maximum atomic E-state index is 12.7. The number of piperidine rings is 1. The van der Waals surface area contributed by atoms with Crippen LogP contribution in [0.3, 0.4) is 0 Å². The average molecular weight is 389 g/mol. The van der Waals surface area contributed by atoms with E-state index in [4.69, 9.17) is 9.84 Å². The van der Waals surface area contributed by atoms with Crippen LogP contribution in [0, 0.1) is 21.4 Å². The third-order valence-electron chi connectivity index (χ3n) is 5.99. The van der Waals surface area contributed by atoms with Gasteiger partial charge in [0.1, 0.15) is 12.3 Å². The van der Waals surface area contributed by atoms with Crippen LogP contribution in [0.25, 0.3) is 0 Å². The molecule has 1 spiro atoms. The number of benzene rings is 1. The lowest BCUT2D eigenvalue weighted by atomic mass is 9.91. The zero-order valence-electron chi connectivity index (χ0n) is 15.0. The van der Waals surface area contributed by atoms with E-state index in [0.717, 1.165) is 0 Å². The molecule has 1 aromatic carbocycles. The largest absolute Gasteiger partial charge is 0.482 e. The minimum atomic E-state index is -0.781. The zero-order chi connectivity index (χ0) is 20.1. The highest BCUT2D eigenvalue weighted by atomic mass is 16.6. The van der Waals surface area contributed by atoms with Gasteiger partial charge in [0.05, 0.1) is 16.5 Å². The number of carbonyl (C=O) groups is 3. The molecule has 3 aliphatic rings. The van der Waals surface area contributed by atoms with E-state index in [1.807, 2.05) is 0 Å². The first-order valence-electron chi connectivity index (χ1n) is 9.03. The Balaban J connectivity index is 1.45. The van der Waals surface area contributed by atoms with E-state index >= 15 is 0 Å². The Bertz CT molecular complexity index is 876. The molecule has 2 amide bonds. The summed E-state index contributed by atoms with van der Waals surface area (Å²) in [6.07, 6.45) is 1.92. The van der Waals surface area contributed by atoms with E-state index in [0.29, 0.717) is 38.1 Å². The van der Waals surface area contributed by atoms with E-state index in [1.54, 1.807) is 4.90 Å². The van der Waals surface area contributed by atoms with Crippen molar-refractivity contribution in [3.8, 4) is 5.75 Å². The van der Waals surface area contributed by atoms with Crippen LogP contribution in [0.4, 0.5) is 11.4 Å². The van der Waals surface area contributed by atoms with Gasteiger partial charge in [0, 0.05) is 25.2 Å². The summed E-state index contributed by atoms with van der Waals surface area (Å²) >= 11 is 0. The van der Waals surface area contributed by atoms with Crippen LogP contribution in [-0.4, -0.2) is 59.0 Å². The number of anilines is 1. The van der Waals surface area contributed by atoms with E-state index in [2.05, 4.69) is 0 Å². The third-order valence-corrected chi connectivity index (χ3v) is 5.99. The van der Waals surface area contributed by atoms with Crippen LogP contribution >= 0.6 is 0 Å². The number of nitro benzene ring substituents is 1. The lowest BCUT2D eigenvalue weighted by molar-refractivity contribution is -0.384. The molecule has 2 heterocycles. The number of hydrogen-bond acceptors (Lipinski definition) is 6. The lowest BCUT2D eigenvalue weighted by Gasteiger charge is -2.35. The number of nitro groups is 1. The van der Waals surface area contributed by atoms with Crippen LogP contribution in [0.15, 0.2) is 18.2 Å². The number of carboxylic acid groups (broad SMARTS) is 1. The zero-order valence-corrected chi connectivity index (χ0v) is 15.0. The number of amides is 2. The van der Waals surface area contributed by atoms with Crippen molar-refractivity contribution in [3.05, 3.63) is 28.3 Å². The van der Waals surface area contributed by atoms with Crippen molar-refractivity contribution in [2.75, 3.05) is 31.1 Å². The van der Waals surface area contributed by atoms with Gasteiger partial charge < -0.3 is 14.7 Å². The first kappa shape index (κ1) is 18.2. The Hall–Kier alpha value is -3.17. The fraction of sp³-hybridized carbons (Fsp3) is 0.500. The second-order valence-corrected chi connectivity index (χ2v) is 7.52. The summed E-state index contributed by atoms with van der Waals surface area (Å²) in [6.45, 7) is 0.430. The predicted octanol–water partition coefficient (Wildman–Crippen LogP) is 1.03. The number of ether oxygens (including phenoxy) is 1. The molecule has 4 rings (SSSR count). The Labute approximate surface area is 159 Å². The third kappa shape index (κ3) is 3.04. The molecule has 0 bridgehead atoms. The van der Waals surface area contributed by atoms with E-state index in [9.17, 15) is 24.5 Å². The summed E-state index contributed by atoms with van der Waals surface area (Å²) in [5.41, 5.74) is -0.173. The fourth-order valence-corrected chi connectivity index (χ4v) is 4.16. The van der Waals surface area contributed by atoms with Gasteiger partial charge in [-0.2, -0.15) is 0 Å². The van der Waals surface area contributed by atoms with E-state index in [1.165, 1.54) is 23.1 Å². The van der Waals surface area contributed by atoms with E-state index in [-0.39, 0.29) is 41.8 Å². The van der Waals surface area contributed by atoms with Crippen LogP contribution in [-0.2, 0) is 14.4 Å². The van der Waals surface area contributed by atoms with Crippen molar-refractivity contribution >= 4 is 29.2 Å². The standard InChI is InChI=1S/C18H19N3O7/c22-15(19-5-3-18(4-6-19)8-12(18)17(24)25)9-20-13-7-11(21(26)27)1-2-14(13)28-10-16(20)23/h1-2,7,12H,3-6,8-10H2,(H,24,25). The summed E-state index contributed by atoms with van der Waals surface area (Å²) in [7, 11) is 0. The minimum Gasteiger partial charge on any atom is -0.482 e. The Morgan fingerprint density at radius 2 is 2.04 bits per heavy atom. The summed E-state index contributed by atoms with van der Waals surface area (Å²) < 4.78 is 5.30. The number of non-ortho nitro benzene ring substituents is 1. The number of carboxylic acids is 1. The molecule has 1 N–H and O–H groups in total. The quantitative estimate of drug-likeness (QED) is 0.601. The van der Waals surface area contributed by atoms with Crippen LogP contribution < -0.4 is 9.64 Å². The molecular formula is C18H19N3O7. The Morgan fingerprint density at radius 3 is 2.64 bits per heavy atom. The molecule has 10 heteroatoms. The molecule has 1 unspecified atom stereocenters. The fourth-order valence-electron chi connectivity index (χ4n) is 4.16. The predicted molar refractivity (Wildman–Crippen MR) is 94.9 cm³/mol. The molecule has 1 aromatic rings. The Kier molecular flexibility index (Phi) is 4.20. The normalized spacial score (nSPS) is 22.4. The molecule has 0 aromatic heterocycles. The number of carbonyl (C=O) groups excluding carboxylic acids is 2. The van der Waals surface area contributed by atoms with E-state index < -0.39 is 16.8 Å². The topological polar surface area (TPSA) is 130 Å². The number of hydrogen-bond donors (Lipinski definition) is 1. The molecule has 0 radical (unpaired) electrons. The second kappa shape index (κ2) is 6.47. The molecule has 1 aliphatic carbocycles. The molecule has 10 nitrogen and oxygen atoms in total. The minimum absolute atomic E-state index is 0.190. The van der Waals surface area contributed by atoms with Gasteiger partial charge in [-0.25, -0.2) is 0 Å². The number of fused-ring (bicyclic) bond motifs is 1. The highest BCUT2D eigenvalue weighted by Gasteiger charge is 2.59. The van der Waals surface area contributed by atoms with Crippen molar-refractivity contribution in [3.63, 3.8) is 0 Å². The van der Waals surface area contributed by atoms with Crippen LogP contribution in [0.1, 0.15) is 19.3 Å². The molecule has 2 fully saturated rings. The highest BCUT2D eigenvalue weighted by Crippen LogP contribution is 2.59. The van der Waals surface area contributed by atoms with Crippen molar-refractivity contribution in [1.29, 1.82) is 0 Å². The molecule has 1 atom stereocenters. The summed E-state index contributed by atoms with van der Waals surface area (Å²) in [6, 6.07) is 3.93. The summed E-state index contributed by atoms with van der Waals surface area (Å²) in [5, 5.41) is 20.2. The van der Waals surface area contributed by atoms with Gasteiger partial charge in [-0.1, -0.05) is 0 Å². The maximum absolute atomic E-state index is 12.7. The van der Waals surface area contributed by atoms with Gasteiger partial charge in [0.2, 0.25) is 5.91 Å². The highest BCUT2D eigenvalue weighted by molar-refractivity contribution is 6.02. The van der Waals surface area contributed by atoms with Crippen molar-refractivity contribution in [1.82, 2.24) is 4.90 Å². The molecule has 28 heavy (non-hydrogen) atoms. The number of aliphatic carboxylic acids is 1. The number of nitrogens with zero attached hydrogens (tertiary/aromatic N) is 3. The lowest BCUT2D eigenvalue weighted by Crippen LogP contribution is -2.48. The molecule has 1 saturated carbocycles. The molecule has 148 valence electrons. The van der Waals surface area contributed by atoms with Crippen molar-refractivity contribution in [2.45, 2.75) is 19.3 Å². The monoisotopic (exact) mass is 389 g/mol. The summed E-state index contributed by atoms with van der Waals surface area (Å²) in [4.78, 5) is 49.5. The average Bonchev–Trinajstić information content (AvgIpc) is 3.37. The van der Waals surface area contributed by atoms with Crippen molar-refractivity contribution in [2.24, 2.45) is 11.3 Å². The van der Waals surface area contributed by atoms with Gasteiger partial charge in [-0.05, 0) is 30.7 Å². The summed E-state index contributed by atoms with van der Waals surface area (Å²) in [5.74, 6) is -1.49. The van der Waals surface area contributed by atoms with Crippen molar-refractivity contribution < 1.29 is 29.2 Å². The Morgan fingerprint density at radius 1 is 1.32 bits per heavy atom. The number of rotatable bonds is 4. The molecular weight excluding hydrogens is 370 g/mol. The van der Waals surface area contributed by atoms with Gasteiger partial charge in [0.15, 0.2) is 6.61 Å². The van der Waals surface area contributed by atoms with Crippen LogP contribution in [0.5, 0.6) is 5.75 Å². The van der Waals surface area contributed by atoms with Gasteiger partial charge in [-0.3, -0.25) is 29.4 Å². The van der Waals surface area contributed by atoms with Gasteiger partial charge >= 0.3 is 5.97 Å². The van der Waals surface area contributed by atoms with Crippen LogP contribution in [0.2, 0.25) is 0 Å².